The Morgan fingerprint density at radius 3 is 2.61 bits per heavy atom. The third-order valence-corrected chi connectivity index (χ3v) is 8.27. The number of carboxylic acid groups (broad SMARTS) is 1. The molecule has 15 heteroatoms. The van der Waals surface area contributed by atoms with Crippen LogP contribution < -0.4 is 15.4 Å². The van der Waals surface area contributed by atoms with Crippen LogP contribution in [0.1, 0.15) is 43.9 Å². The van der Waals surface area contributed by atoms with E-state index in [9.17, 15) is 27.9 Å². The van der Waals surface area contributed by atoms with Gasteiger partial charge in [-0.25, -0.2) is 18.2 Å². The van der Waals surface area contributed by atoms with Crippen LogP contribution in [0.5, 0.6) is 0 Å². The molecule has 3 rings (SSSR count). The molecule has 0 saturated carbocycles. The Hall–Kier alpha value is -3.56. The number of amides is 3. The zero-order chi connectivity index (χ0) is 30.0. The molecule has 3 heterocycles. The Morgan fingerprint density at radius 1 is 1.22 bits per heavy atom. The smallest absolute Gasteiger partial charge is 0.323 e. The normalized spacial score (nSPS) is 15.3. The fraction of sp³-hybridized carbons (Fsp3) is 0.577. The molecule has 0 aromatic carbocycles. The fourth-order valence-electron chi connectivity index (χ4n) is 4.38. The summed E-state index contributed by atoms with van der Waals surface area (Å²) in [5.41, 5.74) is 1.43. The molecule has 0 bridgehead atoms. The average Bonchev–Trinajstić information content (AvgIpc) is 3.36. The second-order valence-corrected chi connectivity index (χ2v) is 12.2. The minimum absolute atomic E-state index is 0.00202. The van der Waals surface area contributed by atoms with E-state index in [1.807, 2.05) is 24.8 Å². The lowest BCUT2D eigenvalue weighted by atomic mass is 10.1. The molecule has 0 aliphatic carbocycles. The van der Waals surface area contributed by atoms with E-state index in [4.69, 9.17) is 0 Å². The van der Waals surface area contributed by atoms with Gasteiger partial charge in [0, 0.05) is 38.6 Å². The van der Waals surface area contributed by atoms with Gasteiger partial charge in [-0.15, -0.1) is 0 Å². The second kappa shape index (κ2) is 14.9. The topological polar surface area (TPSA) is 179 Å². The van der Waals surface area contributed by atoms with Crippen LogP contribution in [0.3, 0.4) is 0 Å². The summed E-state index contributed by atoms with van der Waals surface area (Å²) in [6, 6.07) is 3.69. The Kier molecular flexibility index (Phi) is 11.6. The van der Waals surface area contributed by atoms with Crippen molar-refractivity contribution in [1.82, 2.24) is 34.6 Å². The van der Waals surface area contributed by atoms with E-state index in [2.05, 4.69) is 25.4 Å². The first kappa shape index (κ1) is 32.0. The van der Waals surface area contributed by atoms with E-state index in [-0.39, 0.29) is 43.4 Å². The van der Waals surface area contributed by atoms with Gasteiger partial charge in [0.15, 0.2) is 0 Å². The summed E-state index contributed by atoms with van der Waals surface area (Å²) in [6.07, 6.45) is 5.72. The summed E-state index contributed by atoms with van der Waals surface area (Å²) in [5, 5.41) is 19.6. The number of nitrogens with one attached hydrogen (secondary N) is 3. The van der Waals surface area contributed by atoms with Crippen molar-refractivity contribution in [2.45, 2.75) is 64.7 Å². The van der Waals surface area contributed by atoms with Crippen LogP contribution in [0, 0.1) is 6.92 Å². The maximum atomic E-state index is 12.8. The lowest BCUT2D eigenvalue weighted by Crippen LogP contribution is -2.48. The van der Waals surface area contributed by atoms with Crippen LogP contribution in [-0.2, 0) is 32.7 Å². The van der Waals surface area contributed by atoms with Crippen molar-refractivity contribution >= 4 is 33.7 Å². The predicted molar refractivity (Wildman–Crippen MR) is 153 cm³/mol. The Morgan fingerprint density at radius 2 is 1.95 bits per heavy atom. The van der Waals surface area contributed by atoms with Crippen LogP contribution >= 0.6 is 0 Å². The molecule has 2 aromatic rings. The first-order valence-electron chi connectivity index (χ1n) is 13.7. The van der Waals surface area contributed by atoms with Crippen molar-refractivity contribution in [1.29, 1.82) is 0 Å². The number of likely N-dealkylation sites (tertiary alicyclic amines) is 1. The van der Waals surface area contributed by atoms with Crippen molar-refractivity contribution in [3.8, 4) is 0 Å². The summed E-state index contributed by atoms with van der Waals surface area (Å²) < 4.78 is 27.9. The summed E-state index contributed by atoms with van der Waals surface area (Å²) in [5.74, 6) is -1.01. The van der Waals surface area contributed by atoms with Crippen molar-refractivity contribution < 1.29 is 27.9 Å². The number of carbonyl (C=O) groups is 3. The van der Waals surface area contributed by atoms with Gasteiger partial charge in [0.1, 0.15) is 11.9 Å². The van der Waals surface area contributed by atoms with Crippen molar-refractivity contribution in [2.75, 3.05) is 37.8 Å². The molecule has 14 nitrogen and oxygen atoms in total. The minimum atomic E-state index is -3.73. The molecule has 1 fully saturated rings. The van der Waals surface area contributed by atoms with Crippen LogP contribution in [0.4, 0.5) is 10.6 Å². The summed E-state index contributed by atoms with van der Waals surface area (Å²) in [7, 11) is -2.06. The first-order valence-corrected chi connectivity index (χ1v) is 15.3. The number of aliphatic carboxylic acids is 1. The molecule has 226 valence electrons. The van der Waals surface area contributed by atoms with Gasteiger partial charge >= 0.3 is 12.0 Å². The molecule has 1 saturated heterocycles. The third-order valence-electron chi connectivity index (χ3n) is 6.80. The van der Waals surface area contributed by atoms with Crippen molar-refractivity contribution in [3.63, 3.8) is 0 Å². The number of carbonyl (C=O) groups excluding carboxylic acids is 2. The van der Waals surface area contributed by atoms with Crippen LogP contribution in [0.25, 0.3) is 0 Å². The number of hydrogen-bond acceptors (Lipinski definition) is 8. The molecule has 1 unspecified atom stereocenters. The van der Waals surface area contributed by atoms with E-state index < -0.39 is 22.0 Å². The highest BCUT2D eigenvalue weighted by Crippen LogP contribution is 2.13. The van der Waals surface area contributed by atoms with E-state index in [1.54, 1.807) is 36.5 Å². The number of aromatic nitrogens is 3. The van der Waals surface area contributed by atoms with Crippen molar-refractivity contribution in [2.24, 2.45) is 0 Å². The quantitative estimate of drug-likeness (QED) is 0.249. The summed E-state index contributed by atoms with van der Waals surface area (Å²) >= 11 is 0. The number of carboxylic acids is 1. The number of unbranched alkanes of at least 4 members (excludes halogenated alkanes) is 1. The zero-order valence-corrected chi connectivity index (χ0v) is 24.6. The molecular weight excluding hydrogens is 552 g/mol. The highest BCUT2D eigenvalue weighted by Gasteiger charge is 2.26. The molecule has 2 aromatic heterocycles. The molecule has 1 atom stereocenters. The Bertz CT molecular complexity index is 1290. The molecule has 0 radical (unpaired) electrons. The lowest BCUT2D eigenvalue weighted by Gasteiger charge is -2.32. The maximum absolute atomic E-state index is 12.8. The number of pyridine rings is 1. The van der Waals surface area contributed by atoms with E-state index in [0.29, 0.717) is 50.3 Å². The van der Waals surface area contributed by atoms with Crippen LogP contribution in [-0.4, -0.2) is 101 Å². The van der Waals surface area contributed by atoms with Gasteiger partial charge in [-0.3, -0.25) is 24.5 Å². The minimum Gasteiger partial charge on any atom is -0.480 e. The summed E-state index contributed by atoms with van der Waals surface area (Å²) in [4.78, 5) is 44.6. The molecule has 1 aliphatic heterocycles. The number of hydrogen-bond donors (Lipinski definition) is 4. The molecular formula is C26H40N8O6S. The van der Waals surface area contributed by atoms with Crippen LogP contribution in [0.15, 0.2) is 30.6 Å². The summed E-state index contributed by atoms with van der Waals surface area (Å²) in [6.45, 7) is 5.31. The number of nitrogens with zero attached hydrogens (tertiary/aromatic N) is 5. The maximum Gasteiger partial charge on any atom is 0.323 e. The van der Waals surface area contributed by atoms with Gasteiger partial charge in [0.2, 0.25) is 15.9 Å². The number of rotatable bonds is 14. The van der Waals surface area contributed by atoms with Gasteiger partial charge in [0.25, 0.3) is 0 Å². The second-order valence-electron chi connectivity index (χ2n) is 10.3. The van der Waals surface area contributed by atoms with Gasteiger partial charge in [-0.05, 0) is 43.9 Å². The lowest BCUT2D eigenvalue weighted by molar-refractivity contribution is -0.139. The molecule has 3 amide bonds. The fourth-order valence-corrected chi connectivity index (χ4v) is 5.77. The molecule has 4 N–H and O–H groups in total. The van der Waals surface area contributed by atoms with E-state index in [1.165, 1.54) is 4.68 Å². The van der Waals surface area contributed by atoms with E-state index >= 15 is 0 Å². The largest absolute Gasteiger partial charge is 0.480 e. The van der Waals surface area contributed by atoms with Gasteiger partial charge < -0.3 is 15.3 Å². The SMILES string of the molecule is CCCCS(=O)(=O)NC(Cn1ccc(CN(C)C(=O)CN2CCC(NC(=O)Nc3ncccc3C)CC2)n1)C(=O)O. The third kappa shape index (κ3) is 10.4. The highest BCUT2D eigenvalue weighted by atomic mass is 32.2. The predicted octanol–water partition coefficient (Wildman–Crippen LogP) is 1.00. The van der Waals surface area contributed by atoms with Gasteiger partial charge in [0.05, 0.1) is 31.1 Å². The monoisotopic (exact) mass is 592 g/mol. The Balaban J connectivity index is 1.42. The average molecular weight is 593 g/mol. The number of aryl methyl sites for hydroxylation is 1. The van der Waals surface area contributed by atoms with Gasteiger partial charge in [-0.2, -0.15) is 9.82 Å². The molecule has 1 aliphatic rings. The molecule has 41 heavy (non-hydrogen) atoms. The number of anilines is 1. The number of piperidine rings is 1. The molecule has 0 spiro atoms. The number of likely N-dealkylation sites (N-methyl/N-ethyl adjacent to an activating group) is 1. The van der Waals surface area contributed by atoms with Crippen LogP contribution in [0.2, 0.25) is 0 Å². The van der Waals surface area contributed by atoms with Gasteiger partial charge in [-0.1, -0.05) is 19.4 Å². The Labute approximate surface area is 240 Å². The highest BCUT2D eigenvalue weighted by molar-refractivity contribution is 7.89. The zero-order valence-electron chi connectivity index (χ0n) is 23.7. The van der Waals surface area contributed by atoms with E-state index in [0.717, 1.165) is 5.56 Å². The number of sulfonamides is 1. The first-order chi connectivity index (χ1) is 19.5. The van der Waals surface area contributed by atoms with Crippen molar-refractivity contribution in [3.05, 3.63) is 41.9 Å². The standard InChI is InChI=1S/C26H40N8O6S/c1-4-5-15-41(39,40)31-22(25(36)37)17-34-14-10-21(30-34)16-32(3)23(35)18-33-12-8-20(9-13-33)28-26(38)29-24-19(2)7-6-11-27-24/h6-7,10-11,14,20,22,31H,4-5,8-9,12-13,15-18H2,1-3H3,(H,36,37)(H2,27,28,29,38). The number of urea groups is 1.